The fourth-order valence-electron chi connectivity index (χ4n) is 1.37. The van der Waals surface area contributed by atoms with E-state index in [4.69, 9.17) is 5.73 Å². The summed E-state index contributed by atoms with van der Waals surface area (Å²) in [7, 11) is 1.64. The van der Waals surface area contributed by atoms with Crippen molar-refractivity contribution in [3.05, 3.63) is 35.9 Å². The van der Waals surface area contributed by atoms with Crippen molar-refractivity contribution in [2.75, 3.05) is 11.5 Å². The molecule has 96 valence electrons. The first kappa shape index (κ1) is 12.8. The molecule has 18 heavy (non-hydrogen) atoms. The predicted molar refractivity (Wildman–Crippen MR) is 66.5 cm³/mol. The van der Waals surface area contributed by atoms with Crippen molar-refractivity contribution in [1.29, 1.82) is 0 Å². The molecule has 0 unspecified atom stereocenters. The van der Waals surface area contributed by atoms with Crippen molar-refractivity contribution < 1.29 is 8.78 Å². The summed E-state index contributed by atoms with van der Waals surface area (Å²) in [6.45, 7) is 0. The van der Waals surface area contributed by atoms with Gasteiger partial charge in [0.15, 0.2) is 5.16 Å². The van der Waals surface area contributed by atoms with Gasteiger partial charge >= 0.3 is 0 Å². The van der Waals surface area contributed by atoms with E-state index in [-0.39, 0.29) is 11.5 Å². The molecule has 0 saturated heterocycles. The second kappa shape index (κ2) is 4.93. The van der Waals surface area contributed by atoms with E-state index >= 15 is 0 Å². The quantitative estimate of drug-likeness (QED) is 0.866. The number of anilines is 1. The van der Waals surface area contributed by atoms with Crippen LogP contribution >= 0.6 is 11.8 Å². The van der Waals surface area contributed by atoms with Crippen molar-refractivity contribution in [3.63, 3.8) is 0 Å². The third-order valence-corrected chi connectivity index (χ3v) is 3.57. The molecular weight excluding hydrogens is 258 g/mol. The fourth-order valence-corrected chi connectivity index (χ4v) is 2.24. The second-order valence-electron chi connectivity index (χ2n) is 3.76. The Kier molecular flexibility index (Phi) is 3.51. The molecule has 4 nitrogen and oxygen atoms in total. The van der Waals surface area contributed by atoms with E-state index in [0.29, 0.717) is 5.16 Å². The first-order valence-electron chi connectivity index (χ1n) is 5.22. The van der Waals surface area contributed by atoms with Gasteiger partial charge in [-0.3, -0.25) is 4.57 Å². The minimum Gasteiger partial charge on any atom is -0.368 e. The SMILES string of the molecule is Cn1c(N)nnc1SCC(F)(F)c1ccccc1. The highest BCUT2D eigenvalue weighted by Gasteiger charge is 2.32. The summed E-state index contributed by atoms with van der Waals surface area (Å²) in [4.78, 5) is 0. The molecule has 0 aliphatic rings. The van der Waals surface area contributed by atoms with Crippen LogP contribution < -0.4 is 5.73 Å². The smallest absolute Gasteiger partial charge is 0.282 e. The number of thioether (sulfide) groups is 1. The summed E-state index contributed by atoms with van der Waals surface area (Å²) in [6.07, 6.45) is 0. The molecular formula is C11H12F2N4S. The standard InChI is InChI=1S/C11H12F2N4S/c1-17-9(14)15-16-10(17)18-7-11(12,13)8-5-3-2-4-6-8/h2-6H,7H2,1H3,(H2,14,15). The lowest BCUT2D eigenvalue weighted by molar-refractivity contribution is 0.0231. The Bertz CT molecular complexity index is 527. The van der Waals surface area contributed by atoms with Gasteiger partial charge in [-0.25, -0.2) is 8.78 Å². The molecule has 2 aromatic rings. The van der Waals surface area contributed by atoms with E-state index in [1.165, 1.54) is 16.7 Å². The van der Waals surface area contributed by atoms with Crippen molar-refractivity contribution >= 4 is 17.7 Å². The van der Waals surface area contributed by atoms with E-state index < -0.39 is 11.7 Å². The fraction of sp³-hybridized carbons (Fsp3) is 0.273. The molecule has 2 N–H and O–H groups in total. The molecule has 0 spiro atoms. The van der Waals surface area contributed by atoms with Gasteiger partial charge in [0.05, 0.1) is 5.75 Å². The van der Waals surface area contributed by atoms with Crippen LogP contribution in [0.1, 0.15) is 5.56 Å². The highest BCUT2D eigenvalue weighted by molar-refractivity contribution is 7.99. The maximum Gasteiger partial charge on any atom is 0.282 e. The van der Waals surface area contributed by atoms with Gasteiger partial charge in [0.25, 0.3) is 5.92 Å². The number of aromatic nitrogens is 3. The summed E-state index contributed by atoms with van der Waals surface area (Å²) in [5, 5.41) is 7.72. The lowest BCUT2D eigenvalue weighted by Crippen LogP contribution is -2.17. The van der Waals surface area contributed by atoms with Crippen molar-refractivity contribution in [2.45, 2.75) is 11.1 Å². The molecule has 0 aliphatic heterocycles. The maximum absolute atomic E-state index is 13.9. The van der Waals surface area contributed by atoms with E-state index in [0.717, 1.165) is 11.8 Å². The molecule has 0 bridgehead atoms. The Morgan fingerprint density at radius 2 is 1.94 bits per heavy atom. The van der Waals surface area contributed by atoms with Crippen LogP contribution in [0.15, 0.2) is 35.5 Å². The van der Waals surface area contributed by atoms with Crippen LogP contribution in [-0.4, -0.2) is 20.5 Å². The van der Waals surface area contributed by atoms with E-state index in [1.807, 2.05) is 0 Å². The molecule has 1 heterocycles. The summed E-state index contributed by atoms with van der Waals surface area (Å²) in [6, 6.07) is 7.70. The first-order chi connectivity index (χ1) is 8.50. The van der Waals surface area contributed by atoms with Crippen LogP contribution in [0.2, 0.25) is 0 Å². The Balaban J connectivity index is 2.08. The first-order valence-corrected chi connectivity index (χ1v) is 6.20. The summed E-state index contributed by atoms with van der Waals surface area (Å²) >= 11 is 0.929. The van der Waals surface area contributed by atoms with Gasteiger partial charge in [-0.15, -0.1) is 10.2 Å². The minimum absolute atomic E-state index is 0.00681. The van der Waals surface area contributed by atoms with Crippen molar-refractivity contribution in [3.8, 4) is 0 Å². The summed E-state index contributed by atoms with van der Waals surface area (Å²) in [5.41, 5.74) is 5.47. The molecule has 0 atom stereocenters. The average Bonchev–Trinajstić information content (AvgIpc) is 2.69. The predicted octanol–water partition coefficient (Wildman–Crippen LogP) is 2.28. The highest BCUT2D eigenvalue weighted by atomic mass is 32.2. The van der Waals surface area contributed by atoms with Crippen molar-refractivity contribution in [2.24, 2.45) is 7.05 Å². The number of alkyl halides is 2. The minimum atomic E-state index is -2.91. The Labute approximate surface area is 107 Å². The van der Waals surface area contributed by atoms with Crippen LogP contribution in [-0.2, 0) is 13.0 Å². The second-order valence-corrected chi connectivity index (χ2v) is 4.70. The van der Waals surface area contributed by atoms with Crippen LogP contribution in [0.25, 0.3) is 0 Å². The lowest BCUT2D eigenvalue weighted by atomic mass is 10.1. The molecule has 0 amide bonds. The Morgan fingerprint density at radius 1 is 1.28 bits per heavy atom. The van der Waals surface area contributed by atoms with Gasteiger partial charge in [0, 0.05) is 12.6 Å². The number of hydrogen-bond donors (Lipinski definition) is 1. The molecule has 0 radical (unpaired) electrons. The summed E-state index contributed by atoms with van der Waals surface area (Å²) in [5.74, 6) is -3.10. The number of nitrogens with zero attached hydrogens (tertiary/aromatic N) is 3. The molecule has 0 aliphatic carbocycles. The molecule has 0 saturated carbocycles. The van der Waals surface area contributed by atoms with E-state index in [2.05, 4.69) is 10.2 Å². The topological polar surface area (TPSA) is 56.7 Å². The van der Waals surface area contributed by atoms with Gasteiger partial charge in [-0.1, -0.05) is 42.1 Å². The summed E-state index contributed by atoms with van der Waals surface area (Å²) < 4.78 is 29.2. The Morgan fingerprint density at radius 3 is 2.50 bits per heavy atom. The monoisotopic (exact) mass is 270 g/mol. The van der Waals surface area contributed by atoms with Gasteiger partial charge in [-0.2, -0.15) is 0 Å². The van der Waals surface area contributed by atoms with Crippen LogP contribution in [0.4, 0.5) is 14.7 Å². The maximum atomic E-state index is 13.9. The number of hydrogen-bond acceptors (Lipinski definition) is 4. The third kappa shape index (κ3) is 2.61. The van der Waals surface area contributed by atoms with Crippen LogP contribution in [0.5, 0.6) is 0 Å². The van der Waals surface area contributed by atoms with Gasteiger partial charge in [0.2, 0.25) is 5.95 Å². The van der Waals surface area contributed by atoms with E-state index in [9.17, 15) is 8.78 Å². The zero-order valence-electron chi connectivity index (χ0n) is 9.68. The van der Waals surface area contributed by atoms with Gasteiger partial charge < -0.3 is 5.73 Å². The van der Waals surface area contributed by atoms with E-state index in [1.54, 1.807) is 25.2 Å². The molecule has 7 heteroatoms. The number of nitrogen functional groups attached to an aromatic ring is 1. The normalized spacial score (nSPS) is 11.7. The lowest BCUT2D eigenvalue weighted by Gasteiger charge is -2.15. The number of rotatable bonds is 4. The van der Waals surface area contributed by atoms with Crippen LogP contribution in [0.3, 0.4) is 0 Å². The largest absolute Gasteiger partial charge is 0.368 e. The molecule has 0 fully saturated rings. The number of benzene rings is 1. The van der Waals surface area contributed by atoms with Gasteiger partial charge in [-0.05, 0) is 0 Å². The third-order valence-electron chi connectivity index (χ3n) is 2.45. The van der Waals surface area contributed by atoms with Gasteiger partial charge in [0.1, 0.15) is 0 Å². The molecule has 1 aromatic carbocycles. The van der Waals surface area contributed by atoms with Crippen molar-refractivity contribution in [1.82, 2.24) is 14.8 Å². The molecule has 2 rings (SSSR count). The zero-order valence-corrected chi connectivity index (χ0v) is 10.5. The number of halogens is 2. The average molecular weight is 270 g/mol. The number of nitrogens with two attached hydrogens (primary N) is 1. The Hall–Kier alpha value is -1.63. The highest BCUT2D eigenvalue weighted by Crippen LogP contribution is 2.33. The van der Waals surface area contributed by atoms with Crippen LogP contribution in [0, 0.1) is 0 Å². The molecule has 1 aromatic heterocycles. The zero-order chi connectivity index (χ0) is 13.2.